The van der Waals surface area contributed by atoms with Crippen LogP contribution in [0.4, 0.5) is 11.4 Å². The van der Waals surface area contributed by atoms with Crippen LogP contribution in [-0.4, -0.2) is 54.4 Å². The van der Waals surface area contributed by atoms with Crippen LogP contribution in [0.2, 0.25) is 0 Å². The van der Waals surface area contributed by atoms with Crippen LogP contribution in [-0.2, 0) is 9.59 Å². The Balaban J connectivity index is 1.84. The van der Waals surface area contributed by atoms with Gasteiger partial charge in [0.1, 0.15) is 5.75 Å². The number of carbonyl (C=O) groups excluding carboxylic acids is 2. The number of nitro benzene ring substituents is 1. The Morgan fingerprint density at radius 3 is 2.48 bits per heavy atom. The smallest absolute Gasteiger partial charge is 0.273 e. The average Bonchev–Trinajstić information content (AvgIpc) is 2.68. The lowest BCUT2D eigenvalue weighted by Gasteiger charge is -2.31. The number of piperidine rings is 1. The highest BCUT2D eigenvalue weighted by Crippen LogP contribution is 2.29. The third kappa shape index (κ3) is 6.42. The van der Waals surface area contributed by atoms with Gasteiger partial charge < -0.3 is 15.4 Å². The van der Waals surface area contributed by atoms with Crippen molar-refractivity contribution in [3.05, 3.63) is 28.3 Å². The number of nitro groups is 1. The molecule has 1 aromatic carbocycles. The molecule has 1 aliphatic rings. The van der Waals surface area contributed by atoms with Crippen LogP contribution in [0.3, 0.4) is 0 Å². The van der Waals surface area contributed by atoms with Crippen LogP contribution in [0.15, 0.2) is 18.2 Å². The molecular formula is C20H30N4O5. The highest BCUT2D eigenvalue weighted by atomic mass is 16.6. The number of non-ortho nitro benzene ring substituents is 1. The number of likely N-dealkylation sites (tertiary alicyclic amines) is 1. The predicted octanol–water partition coefficient (Wildman–Crippen LogP) is 2.41. The molecule has 1 saturated heterocycles. The summed E-state index contributed by atoms with van der Waals surface area (Å²) >= 11 is 0. The Bertz CT molecular complexity index is 744. The number of carbonyl (C=O) groups is 2. The van der Waals surface area contributed by atoms with Crippen LogP contribution in [0.25, 0.3) is 0 Å². The maximum Gasteiger partial charge on any atom is 0.273 e. The molecule has 0 radical (unpaired) electrons. The minimum Gasteiger partial charge on any atom is -0.494 e. The normalized spacial score (nSPS) is 16.3. The average molecular weight is 406 g/mol. The number of nitrogens with zero attached hydrogens (tertiary/aromatic N) is 2. The molecule has 1 aromatic rings. The summed E-state index contributed by atoms with van der Waals surface area (Å²) in [6, 6.07) is 4.20. The zero-order valence-corrected chi connectivity index (χ0v) is 17.4. The van der Waals surface area contributed by atoms with E-state index >= 15 is 0 Å². The molecule has 160 valence electrons. The molecule has 0 aliphatic carbocycles. The maximum absolute atomic E-state index is 12.4. The molecule has 0 aromatic heterocycles. The van der Waals surface area contributed by atoms with E-state index in [1.165, 1.54) is 25.3 Å². The molecule has 0 saturated carbocycles. The number of amides is 2. The second-order valence-corrected chi connectivity index (χ2v) is 7.78. The summed E-state index contributed by atoms with van der Waals surface area (Å²) in [5.41, 5.74) is 0.284. The zero-order valence-electron chi connectivity index (χ0n) is 17.4. The molecule has 1 heterocycles. The lowest BCUT2D eigenvalue weighted by atomic mass is 9.95. The zero-order chi connectivity index (χ0) is 21.6. The molecule has 9 nitrogen and oxygen atoms in total. The third-order valence-corrected chi connectivity index (χ3v) is 5.37. The minimum absolute atomic E-state index is 0.0229. The van der Waals surface area contributed by atoms with Crippen molar-refractivity contribution >= 4 is 23.2 Å². The topological polar surface area (TPSA) is 114 Å². The number of methoxy groups -OCH3 is 1. The number of hydrogen-bond acceptors (Lipinski definition) is 6. The third-order valence-electron chi connectivity index (χ3n) is 5.37. The lowest BCUT2D eigenvalue weighted by molar-refractivity contribution is -0.384. The van der Waals surface area contributed by atoms with E-state index < -0.39 is 4.92 Å². The van der Waals surface area contributed by atoms with Gasteiger partial charge in [0.25, 0.3) is 5.69 Å². The fourth-order valence-electron chi connectivity index (χ4n) is 3.15. The van der Waals surface area contributed by atoms with E-state index in [2.05, 4.69) is 24.5 Å². The molecule has 2 rings (SSSR count). The van der Waals surface area contributed by atoms with Crippen molar-refractivity contribution in [3.63, 3.8) is 0 Å². The molecule has 0 bridgehead atoms. The summed E-state index contributed by atoms with van der Waals surface area (Å²) in [5, 5.41) is 16.7. The van der Waals surface area contributed by atoms with Gasteiger partial charge in [-0.05, 0) is 44.8 Å². The summed E-state index contributed by atoms with van der Waals surface area (Å²) in [6.07, 6.45) is 1.43. The van der Waals surface area contributed by atoms with Crippen LogP contribution < -0.4 is 15.4 Å². The fourth-order valence-corrected chi connectivity index (χ4v) is 3.15. The van der Waals surface area contributed by atoms with Gasteiger partial charge in [0, 0.05) is 18.0 Å². The Kier molecular flexibility index (Phi) is 7.95. The van der Waals surface area contributed by atoms with Crippen molar-refractivity contribution in [1.29, 1.82) is 0 Å². The standard InChI is InChI=1S/C20H30N4O5/c1-13(2)14(3)21-20(26)15-7-9-23(10-8-15)12-19(25)22-17-6-5-16(24(27)28)11-18(17)29-4/h5-6,11,13-15H,7-10,12H2,1-4H3,(H,21,26)(H,22,25). The first-order chi connectivity index (χ1) is 13.7. The Labute approximate surface area is 170 Å². The summed E-state index contributed by atoms with van der Waals surface area (Å²) in [7, 11) is 1.39. The first-order valence-electron chi connectivity index (χ1n) is 9.86. The number of ether oxygens (including phenoxy) is 1. The van der Waals surface area contributed by atoms with Crippen molar-refractivity contribution in [2.24, 2.45) is 11.8 Å². The van der Waals surface area contributed by atoms with Crippen molar-refractivity contribution in [2.75, 3.05) is 32.1 Å². The summed E-state index contributed by atoms with van der Waals surface area (Å²) in [4.78, 5) is 37.1. The van der Waals surface area contributed by atoms with Gasteiger partial charge in [0.2, 0.25) is 11.8 Å². The number of anilines is 1. The van der Waals surface area contributed by atoms with Gasteiger partial charge >= 0.3 is 0 Å². The Morgan fingerprint density at radius 2 is 1.93 bits per heavy atom. The van der Waals surface area contributed by atoms with Crippen LogP contribution in [0.5, 0.6) is 5.75 Å². The highest BCUT2D eigenvalue weighted by molar-refractivity contribution is 5.94. The van der Waals surface area contributed by atoms with Gasteiger partial charge in [-0.25, -0.2) is 0 Å². The predicted molar refractivity (Wildman–Crippen MR) is 110 cm³/mol. The summed E-state index contributed by atoms with van der Waals surface area (Å²) < 4.78 is 5.14. The van der Waals surface area contributed by atoms with Crippen molar-refractivity contribution in [2.45, 2.75) is 39.7 Å². The van der Waals surface area contributed by atoms with E-state index in [0.29, 0.717) is 37.5 Å². The monoisotopic (exact) mass is 406 g/mol. The second kappa shape index (κ2) is 10.2. The second-order valence-electron chi connectivity index (χ2n) is 7.78. The summed E-state index contributed by atoms with van der Waals surface area (Å²) in [5.74, 6) is 0.464. The van der Waals surface area contributed by atoms with Crippen molar-refractivity contribution in [1.82, 2.24) is 10.2 Å². The molecule has 2 amide bonds. The Morgan fingerprint density at radius 1 is 1.28 bits per heavy atom. The van der Waals surface area contributed by atoms with Gasteiger partial charge in [-0.3, -0.25) is 24.6 Å². The molecule has 2 N–H and O–H groups in total. The molecule has 1 atom stereocenters. The molecule has 9 heteroatoms. The SMILES string of the molecule is COc1cc([N+](=O)[O-])ccc1NC(=O)CN1CCC(C(=O)NC(C)C(C)C)CC1. The molecule has 1 aliphatic heterocycles. The van der Waals surface area contributed by atoms with E-state index in [9.17, 15) is 19.7 Å². The minimum atomic E-state index is -0.518. The van der Waals surface area contributed by atoms with Crippen molar-refractivity contribution in [3.8, 4) is 5.75 Å². The first kappa shape index (κ1) is 22.6. The quantitative estimate of drug-likeness (QED) is 0.506. The number of nitrogens with one attached hydrogen (secondary N) is 2. The van der Waals surface area contributed by atoms with Crippen LogP contribution >= 0.6 is 0 Å². The summed E-state index contributed by atoms with van der Waals surface area (Å²) in [6.45, 7) is 7.68. The molecular weight excluding hydrogens is 376 g/mol. The van der Waals surface area contributed by atoms with E-state index in [-0.39, 0.29) is 41.8 Å². The van der Waals surface area contributed by atoms with E-state index in [0.717, 1.165) is 0 Å². The molecule has 0 spiro atoms. The first-order valence-corrected chi connectivity index (χ1v) is 9.86. The highest BCUT2D eigenvalue weighted by Gasteiger charge is 2.27. The number of benzene rings is 1. The van der Waals surface area contributed by atoms with E-state index in [1.54, 1.807) is 0 Å². The number of hydrogen-bond donors (Lipinski definition) is 2. The molecule has 29 heavy (non-hydrogen) atoms. The lowest BCUT2D eigenvalue weighted by Crippen LogP contribution is -2.45. The number of rotatable bonds is 8. The van der Waals surface area contributed by atoms with E-state index in [4.69, 9.17) is 4.74 Å². The van der Waals surface area contributed by atoms with Gasteiger partial charge in [-0.2, -0.15) is 0 Å². The van der Waals surface area contributed by atoms with Crippen LogP contribution in [0.1, 0.15) is 33.6 Å². The van der Waals surface area contributed by atoms with Gasteiger partial charge in [-0.15, -0.1) is 0 Å². The van der Waals surface area contributed by atoms with Crippen molar-refractivity contribution < 1.29 is 19.2 Å². The molecule has 1 fully saturated rings. The maximum atomic E-state index is 12.4. The fraction of sp³-hybridized carbons (Fsp3) is 0.600. The van der Waals surface area contributed by atoms with E-state index in [1.807, 2.05) is 11.8 Å². The van der Waals surface area contributed by atoms with Crippen LogP contribution in [0, 0.1) is 22.0 Å². The van der Waals surface area contributed by atoms with Gasteiger partial charge in [0.15, 0.2) is 0 Å². The largest absolute Gasteiger partial charge is 0.494 e. The van der Waals surface area contributed by atoms with Gasteiger partial charge in [-0.1, -0.05) is 13.8 Å². The Hall–Kier alpha value is -2.68. The van der Waals surface area contributed by atoms with Gasteiger partial charge in [0.05, 0.1) is 30.3 Å². The molecule has 1 unspecified atom stereocenters.